The summed E-state index contributed by atoms with van der Waals surface area (Å²) in [5.74, 6) is 0.0441. The van der Waals surface area contributed by atoms with Crippen LogP contribution in [0.15, 0.2) is 18.2 Å². The van der Waals surface area contributed by atoms with Crippen molar-refractivity contribution >= 4 is 17.5 Å². The van der Waals surface area contributed by atoms with E-state index in [9.17, 15) is 9.18 Å². The van der Waals surface area contributed by atoms with Crippen LogP contribution in [0, 0.1) is 11.7 Å². The van der Waals surface area contributed by atoms with Gasteiger partial charge in [0.15, 0.2) is 0 Å². The van der Waals surface area contributed by atoms with Gasteiger partial charge in [-0.25, -0.2) is 4.39 Å². The second kappa shape index (κ2) is 6.55. The van der Waals surface area contributed by atoms with Gasteiger partial charge in [0.05, 0.1) is 0 Å². The highest BCUT2D eigenvalue weighted by Crippen LogP contribution is 2.22. The third kappa shape index (κ3) is 3.70. The van der Waals surface area contributed by atoms with Crippen LogP contribution < -0.4 is 0 Å². The van der Waals surface area contributed by atoms with Gasteiger partial charge in [0.2, 0.25) is 5.91 Å². The third-order valence-corrected chi connectivity index (χ3v) is 4.02. The summed E-state index contributed by atoms with van der Waals surface area (Å²) in [4.78, 5) is 15.7. The van der Waals surface area contributed by atoms with Crippen LogP contribution in [0.5, 0.6) is 0 Å². The van der Waals surface area contributed by atoms with Crippen LogP contribution in [-0.4, -0.2) is 42.9 Å². The molecule has 0 aromatic heterocycles. The number of nitrogens with zero attached hydrogens (tertiary/aromatic N) is 2. The molecule has 110 valence electrons. The Morgan fingerprint density at radius 2 is 2.05 bits per heavy atom. The van der Waals surface area contributed by atoms with Crippen molar-refractivity contribution in [1.82, 2.24) is 9.80 Å². The van der Waals surface area contributed by atoms with Gasteiger partial charge in [-0.15, -0.1) is 0 Å². The number of amides is 1. The summed E-state index contributed by atoms with van der Waals surface area (Å²) in [6.45, 7) is 2.23. The lowest BCUT2D eigenvalue weighted by molar-refractivity contribution is -0.134. The van der Waals surface area contributed by atoms with Gasteiger partial charge in [0.25, 0.3) is 0 Å². The van der Waals surface area contributed by atoms with Crippen molar-refractivity contribution in [3.8, 4) is 0 Å². The summed E-state index contributed by atoms with van der Waals surface area (Å²) in [6, 6.07) is 4.79. The van der Waals surface area contributed by atoms with Crippen LogP contribution >= 0.6 is 11.6 Å². The van der Waals surface area contributed by atoms with Crippen LogP contribution in [0.3, 0.4) is 0 Å². The minimum atomic E-state index is -0.260. The largest absolute Gasteiger partial charge is 0.349 e. The molecule has 1 aromatic carbocycles. The topological polar surface area (TPSA) is 23.6 Å². The lowest BCUT2D eigenvalue weighted by Gasteiger charge is -2.32. The molecule has 1 saturated heterocycles. The van der Waals surface area contributed by atoms with E-state index in [1.54, 1.807) is 31.1 Å². The van der Waals surface area contributed by atoms with Crippen molar-refractivity contribution in [2.75, 3.05) is 27.2 Å². The number of hydrogen-bond acceptors (Lipinski definition) is 2. The van der Waals surface area contributed by atoms with Gasteiger partial charge in [-0.1, -0.05) is 17.7 Å². The van der Waals surface area contributed by atoms with Gasteiger partial charge in [-0.3, -0.25) is 9.69 Å². The van der Waals surface area contributed by atoms with Gasteiger partial charge >= 0.3 is 0 Å². The first-order chi connectivity index (χ1) is 9.47. The quantitative estimate of drug-likeness (QED) is 0.857. The van der Waals surface area contributed by atoms with Crippen molar-refractivity contribution in [3.05, 3.63) is 34.6 Å². The first-order valence-corrected chi connectivity index (χ1v) is 7.22. The number of rotatable bonds is 3. The van der Waals surface area contributed by atoms with E-state index in [1.807, 2.05) is 0 Å². The minimum Gasteiger partial charge on any atom is -0.349 e. The SMILES string of the molecule is CN(C)C(=O)C1CCN(Cc2ccc(Cl)cc2F)CC1. The van der Waals surface area contributed by atoms with Gasteiger partial charge in [0, 0.05) is 37.1 Å². The van der Waals surface area contributed by atoms with E-state index in [-0.39, 0.29) is 17.6 Å². The van der Waals surface area contributed by atoms with Crippen LogP contribution in [0.25, 0.3) is 0 Å². The molecule has 0 bridgehead atoms. The van der Waals surface area contributed by atoms with E-state index < -0.39 is 0 Å². The number of halogens is 2. The fourth-order valence-corrected chi connectivity index (χ4v) is 2.75. The Kier molecular flexibility index (Phi) is 5.00. The Morgan fingerprint density at radius 3 is 2.60 bits per heavy atom. The van der Waals surface area contributed by atoms with Gasteiger partial charge in [-0.2, -0.15) is 0 Å². The molecule has 0 aliphatic carbocycles. The van der Waals surface area contributed by atoms with Crippen LogP contribution in [0.4, 0.5) is 4.39 Å². The lowest BCUT2D eigenvalue weighted by atomic mass is 9.95. The highest BCUT2D eigenvalue weighted by atomic mass is 35.5. The molecule has 1 heterocycles. The number of likely N-dealkylation sites (tertiary alicyclic amines) is 1. The lowest BCUT2D eigenvalue weighted by Crippen LogP contribution is -2.39. The number of piperidine rings is 1. The summed E-state index contributed by atoms with van der Waals surface area (Å²) < 4.78 is 13.7. The Hall–Kier alpha value is -1.13. The smallest absolute Gasteiger partial charge is 0.225 e. The minimum absolute atomic E-state index is 0.108. The van der Waals surface area contributed by atoms with Crippen molar-refractivity contribution in [2.45, 2.75) is 19.4 Å². The predicted molar refractivity (Wildman–Crippen MR) is 78.1 cm³/mol. The average molecular weight is 299 g/mol. The Bertz CT molecular complexity index is 485. The van der Waals surface area contributed by atoms with Crippen LogP contribution in [0.1, 0.15) is 18.4 Å². The Balaban J connectivity index is 1.90. The molecule has 1 fully saturated rings. The van der Waals surface area contributed by atoms with Gasteiger partial charge in [0.1, 0.15) is 5.82 Å². The summed E-state index contributed by atoms with van der Waals surface area (Å²) in [5, 5.41) is 0.418. The summed E-state index contributed by atoms with van der Waals surface area (Å²) in [7, 11) is 3.58. The molecule has 1 aromatic rings. The highest BCUT2D eigenvalue weighted by molar-refractivity contribution is 6.30. The maximum Gasteiger partial charge on any atom is 0.225 e. The molecule has 0 atom stereocenters. The zero-order chi connectivity index (χ0) is 14.7. The van der Waals surface area contributed by atoms with E-state index >= 15 is 0 Å². The molecular weight excluding hydrogens is 279 g/mol. The van der Waals surface area contributed by atoms with E-state index in [4.69, 9.17) is 11.6 Å². The molecule has 20 heavy (non-hydrogen) atoms. The van der Waals surface area contributed by atoms with E-state index in [1.165, 1.54) is 6.07 Å². The fourth-order valence-electron chi connectivity index (χ4n) is 2.59. The first kappa shape index (κ1) is 15.3. The predicted octanol–water partition coefficient (Wildman–Crippen LogP) is 2.78. The number of benzene rings is 1. The molecule has 0 saturated carbocycles. The summed E-state index contributed by atoms with van der Waals surface area (Å²) >= 11 is 5.75. The van der Waals surface area contributed by atoms with E-state index in [0.717, 1.165) is 25.9 Å². The number of carbonyl (C=O) groups excluding carboxylic acids is 1. The molecule has 2 rings (SSSR count). The Morgan fingerprint density at radius 1 is 1.40 bits per heavy atom. The Labute approximate surface area is 124 Å². The summed E-state index contributed by atoms with van der Waals surface area (Å²) in [5.41, 5.74) is 0.659. The second-order valence-electron chi connectivity index (χ2n) is 5.52. The average Bonchev–Trinajstić information content (AvgIpc) is 2.42. The molecule has 1 amide bonds. The summed E-state index contributed by atoms with van der Waals surface area (Å²) in [6.07, 6.45) is 1.68. The molecule has 5 heteroatoms. The van der Waals surface area contributed by atoms with E-state index in [2.05, 4.69) is 4.90 Å². The van der Waals surface area contributed by atoms with Crippen LogP contribution in [0.2, 0.25) is 5.02 Å². The van der Waals surface area contributed by atoms with Crippen LogP contribution in [-0.2, 0) is 11.3 Å². The normalized spacial score (nSPS) is 17.2. The van der Waals surface area contributed by atoms with Gasteiger partial charge < -0.3 is 4.90 Å². The molecule has 0 N–H and O–H groups in total. The number of carbonyl (C=O) groups is 1. The van der Waals surface area contributed by atoms with Crippen molar-refractivity contribution in [3.63, 3.8) is 0 Å². The van der Waals surface area contributed by atoms with Crippen molar-refractivity contribution in [1.29, 1.82) is 0 Å². The zero-order valence-electron chi connectivity index (χ0n) is 11.9. The molecule has 1 aliphatic rings. The molecule has 0 radical (unpaired) electrons. The zero-order valence-corrected chi connectivity index (χ0v) is 12.7. The highest BCUT2D eigenvalue weighted by Gasteiger charge is 2.26. The standard InChI is InChI=1S/C15H20ClFN2O/c1-18(2)15(20)11-5-7-19(8-6-11)10-12-3-4-13(16)9-14(12)17/h3-4,9,11H,5-8,10H2,1-2H3. The van der Waals surface area contributed by atoms with Gasteiger partial charge in [-0.05, 0) is 38.1 Å². The van der Waals surface area contributed by atoms with E-state index in [0.29, 0.717) is 17.1 Å². The molecule has 0 unspecified atom stereocenters. The van der Waals surface area contributed by atoms with Crippen molar-refractivity contribution in [2.24, 2.45) is 5.92 Å². The second-order valence-corrected chi connectivity index (χ2v) is 5.96. The van der Waals surface area contributed by atoms with Crippen molar-refractivity contribution < 1.29 is 9.18 Å². The first-order valence-electron chi connectivity index (χ1n) is 6.85. The number of hydrogen-bond donors (Lipinski definition) is 0. The molecule has 1 aliphatic heterocycles. The molecule has 3 nitrogen and oxygen atoms in total. The monoisotopic (exact) mass is 298 g/mol. The molecule has 0 spiro atoms. The molecular formula is C15H20ClFN2O. The third-order valence-electron chi connectivity index (χ3n) is 3.79. The fraction of sp³-hybridized carbons (Fsp3) is 0.533. The maximum absolute atomic E-state index is 13.7. The maximum atomic E-state index is 13.7.